The third-order valence-electron chi connectivity index (χ3n) is 4.75. The van der Waals surface area contributed by atoms with Crippen molar-refractivity contribution in [2.45, 2.75) is 31.7 Å². The van der Waals surface area contributed by atoms with Gasteiger partial charge in [0.05, 0.1) is 19.3 Å². The number of piperidine rings is 2. The Morgan fingerprint density at radius 2 is 2.23 bits per heavy atom. The number of rotatable bonds is 4. The fourth-order valence-corrected chi connectivity index (χ4v) is 3.46. The standard InChI is InChI=1S/C15H25N5O2/c1-22-15(21)14-11-20(18-17-14)13-4-7-19(8-5-13)10-12-3-2-6-16-9-12/h11-13,16H,2-10H2,1H3. The summed E-state index contributed by atoms with van der Waals surface area (Å²) < 4.78 is 6.49. The van der Waals surface area contributed by atoms with Gasteiger partial charge in [-0.1, -0.05) is 5.21 Å². The van der Waals surface area contributed by atoms with Gasteiger partial charge in [0.25, 0.3) is 0 Å². The lowest BCUT2D eigenvalue weighted by atomic mass is 9.97. The predicted molar refractivity (Wildman–Crippen MR) is 81.7 cm³/mol. The second-order valence-electron chi connectivity index (χ2n) is 6.32. The highest BCUT2D eigenvalue weighted by Crippen LogP contribution is 2.23. The van der Waals surface area contributed by atoms with Gasteiger partial charge >= 0.3 is 5.97 Å². The summed E-state index contributed by atoms with van der Waals surface area (Å²) in [6.07, 6.45) is 6.47. The van der Waals surface area contributed by atoms with Crippen molar-refractivity contribution in [1.82, 2.24) is 25.2 Å². The van der Waals surface area contributed by atoms with Crippen LogP contribution in [0.5, 0.6) is 0 Å². The molecule has 2 aliphatic rings. The lowest BCUT2D eigenvalue weighted by Crippen LogP contribution is -2.42. The van der Waals surface area contributed by atoms with Crippen LogP contribution in [0.3, 0.4) is 0 Å². The summed E-state index contributed by atoms with van der Waals surface area (Å²) in [5, 5.41) is 11.5. The van der Waals surface area contributed by atoms with Crippen LogP contribution in [-0.4, -0.2) is 65.7 Å². The van der Waals surface area contributed by atoms with Crippen molar-refractivity contribution in [1.29, 1.82) is 0 Å². The van der Waals surface area contributed by atoms with Crippen LogP contribution in [0.2, 0.25) is 0 Å². The molecule has 0 aromatic carbocycles. The second kappa shape index (κ2) is 7.19. The molecule has 0 radical (unpaired) electrons. The number of carbonyl (C=O) groups excluding carboxylic acids is 1. The minimum atomic E-state index is -0.423. The summed E-state index contributed by atoms with van der Waals surface area (Å²) in [5.74, 6) is 0.371. The van der Waals surface area contributed by atoms with Crippen LogP contribution in [-0.2, 0) is 4.74 Å². The third kappa shape index (κ3) is 3.64. The first kappa shape index (κ1) is 15.4. The Hall–Kier alpha value is -1.47. The van der Waals surface area contributed by atoms with Crippen molar-refractivity contribution in [3.63, 3.8) is 0 Å². The van der Waals surface area contributed by atoms with E-state index in [1.807, 2.05) is 4.68 Å². The van der Waals surface area contributed by atoms with E-state index in [-0.39, 0.29) is 0 Å². The molecule has 7 nitrogen and oxygen atoms in total. The van der Waals surface area contributed by atoms with E-state index in [9.17, 15) is 4.79 Å². The normalized spacial score (nSPS) is 24.3. The van der Waals surface area contributed by atoms with Gasteiger partial charge in [0.1, 0.15) is 0 Å². The first-order chi connectivity index (χ1) is 10.8. The van der Waals surface area contributed by atoms with Crippen molar-refractivity contribution in [2.75, 3.05) is 39.8 Å². The molecular weight excluding hydrogens is 282 g/mol. The van der Waals surface area contributed by atoms with E-state index in [0.29, 0.717) is 11.7 Å². The van der Waals surface area contributed by atoms with E-state index < -0.39 is 5.97 Å². The van der Waals surface area contributed by atoms with E-state index in [2.05, 4.69) is 25.3 Å². The van der Waals surface area contributed by atoms with E-state index in [0.717, 1.165) is 38.4 Å². The highest BCUT2D eigenvalue weighted by Gasteiger charge is 2.25. The fraction of sp³-hybridized carbons (Fsp3) is 0.800. The number of hydrogen-bond acceptors (Lipinski definition) is 6. The van der Waals surface area contributed by atoms with Crippen molar-refractivity contribution >= 4 is 5.97 Å². The number of ether oxygens (including phenoxy) is 1. The molecule has 3 rings (SSSR count). The van der Waals surface area contributed by atoms with Gasteiger partial charge in [0.15, 0.2) is 5.69 Å². The van der Waals surface area contributed by atoms with Gasteiger partial charge in [-0.25, -0.2) is 9.48 Å². The number of esters is 1. The van der Waals surface area contributed by atoms with E-state index in [4.69, 9.17) is 0 Å². The molecule has 2 aliphatic heterocycles. The molecule has 7 heteroatoms. The Kier molecular flexibility index (Phi) is 5.04. The van der Waals surface area contributed by atoms with Gasteiger partial charge in [-0.2, -0.15) is 0 Å². The average molecular weight is 307 g/mol. The van der Waals surface area contributed by atoms with Crippen molar-refractivity contribution in [3.05, 3.63) is 11.9 Å². The Morgan fingerprint density at radius 1 is 1.41 bits per heavy atom. The minimum Gasteiger partial charge on any atom is -0.464 e. The maximum Gasteiger partial charge on any atom is 0.360 e. The van der Waals surface area contributed by atoms with Crippen LogP contribution in [0, 0.1) is 5.92 Å². The molecule has 2 saturated heterocycles. The Bertz CT molecular complexity index is 490. The van der Waals surface area contributed by atoms with Crippen LogP contribution >= 0.6 is 0 Å². The molecule has 3 heterocycles. The van der Waals surface area contributed by atoms with Crippen molar-refractivity contribution in [2.24, 2.45) is 5.92 Å². The molecule has 122 valence electrons. The first-order valence-electron chi connectivity index (χ1n) is 8.19. The predicted octanol–water partition coefficient (Wildman–Crippen LogP) is 0.701. The summed E-state index contributed by atoms with van der Waals surface area (Å²) in [5.41, 5.74) is 0.290. The smallest absolute Gasteiger partial charge is 0.360 e. The number of carbonyl (C=O) groups is 1. The molecule has 0 amide bonds. The zero-order valence-electron chi connectivity index (χ0n) is 13.2. The van der Waals surface area contributed by atoms with Crippen LogP contribution in [0.15, 0.2) is 6.20 Å². The molecule has 1 atom stereocenters. The molecule has 2 fully saturated rings. The highest BCUT2D eigenvalue weighted by molar-refractivity contribution is 5.86. The average Bonchev–Trinajstić information content (AvgIpc) is 3.06. The lowest BCUT2D eigenvalue weighted by molar-refractivity contribution is 0.0594. The zero-order valence-corrected chi connectivity index (χ0v) is 13.2. The van der Waals surface area contributed by atoms with Gasteiger partial charge in [-0.3, -0.25) is 0 Å². The summed E-state index contributed by atoms with van der Waals surface area (Å²) in [7, 11) is 1.36. The number of methoxy groups -OCH3 is 1. The molecule has 0 spiro atoms. The summed E-state index contributed by atoms with van der Waals surface area (Å²) in [6.45, 7) is 5.71. The van der Waals surface area contributed by atoms with Crippen LogP contribution < -0.4 is 5.32 Å². The Morgan fingerprint density at radius 3 is 2.91 bits per heavy atom. The second-order valence-corrected chi connectivity index (χ2v) is 6.32. The van der Waals surface area contributed by atoms with Gasteiger partial charge in [0, 0.05) is 19.6 Å². The quantitative estimate of drug-likeness (QED) is 0.826. The zero-order chi connectivity index (χ0) is 15.4. The molecule has 0 bridgehead atoms. The summed E-state index contributed by atoms with van der Waals surface area (Å²) in [4.78, 5) is 14.0. The molecule has 1 N–H and O–H groups in total. The summed E-state index contributed by atoms with van der Waals surface area (Å²) in [6, 6.07) is 0.339. The highest BCUT2D eigenvalue weighted by atomic mass is 16.5. The van der Waals surface area contributed by atoms with Crippen LogP contribution in [0.1, 0.15) is 42.2 Å². The maximum absolute atomic E-state index is 11.4. The Labute approximate surface area is 131 Å². The molecule has 22 heavy (non-hydrogen) atoms. The topological polar surface area (TPSA) is 72.3 Å². The van der Waals surface area contributed by atoms with Crippen molar-refractivity contribution in [3.8, 4) is 0 Å². The van der Waals surface area contributed by atoms with Crippen LogP contribution in [0.25, 0.3) is 0 Å². The number of nitrogens with one attached hydrogen (secondary N) is 1. The van der Waals surface area contributed by atoms with E-state index in [1.54, 1.807) is 6.20 Å². The first-order valence-corrected chi connectivity index (χ1v) is 8.19. The summed E-state index contributed by atoms with van der Waals surface area (Å²) >= 11 is 0. The molecule has 1 aromatic heterocycles. The molecule has 0 saturated carbocycles. The molecule has 0 aliphatic carbocycles. The van der Waals surface area contributed by atoms with E-state index >= 15 is 0 Å². The van der Waals surface area contributed by atoms with Gasteiger partial charge in [-0.15, -0.1) is 5.10 Å². The third-order valence-corrected chi connectivity index (χ3v) is 4.75. The Balaban J connectivity index is 1.48. The SMILES string of the molecule is COC(=O)c1cn(C2CCN(CC3CCCNC3)CC2)nn1. The lowest BCUT2D eigenvalue weighted by Gasteiger charge is -2.35. The van der Waals surface area contributed by atoms with Gasteiger partial charge in [-0.05, 0) is 44.7 Å². The molecular formula is C15H25N5O2. The maximum atomic E-state index is 11.4. The number of aromatic nitrogens is 3. The number of likely N-dealkylation sites (tertiary alicyclic amines) is 1. The monoisotopic (exact) mass is 307 g/mol. The largest absolute Gasteiger partial charge is 0.464 e. The van der Waals surface area contributed by atoms with Crippen molar-refractivity contribution < 1.29 is 9.53 Å². The van der Waals surface area contributed by atoms with Crippen LogP contribution in [0.4, 0.5) is 0 Å². The van der Waals surface area contributed by atoms with E-state index in [1.165, 1.54) is 33.0 Å². The fourth-order valence-electron chi connectivity index (χ4n) is 3.46. The number of nitrogens with zero attached hydrogens (tertiary/aromatic N) is 4. The van der Waals surface area contributed by atoms with Gasteiger partial charge < -0.3 is 15.0 Å². The molecule has 1 aromatic rings. The minimum absolute atomic E-state index is 0.290. The van der Waals surface area contributed by atoms with Gasteiger partial charge in [0.2, 0.25) is 0 Å². The molecule has 1 unspecified atom stereocenters. The number of hydrogen-bond donors (Lipinski definition) is 1.